The largest absolute Gasteiger partial charge is 0.383 e. The van der Waals surface area contributed by atoms with Crippen LogP contribution in [-0.4, -0.2) is 35.6 Å². The second kappa shape index (κ2) is 7.23. The van der Waals surface area contributed by atoms with Crippen molar-refractivity contribution in [3.63, 3.8) is 0 Å². The molecule has 124 valence electrons. The van der Waals surface area contributed by atoms with E-state index in [0.717, 1.165) is 11.4 Å². The van der Waals surface area contributed by atoms with E-state index >= 15 is 0 Å². The summed E-state index contributed by atoms with van der Waals surface area (Å²) in [5.41, 5.74) is 2.37. The summed E-state index contributed by atoms with van der Waals surface area (Å²) in [6.45, 7) is 5.92. The van der Waals surface area contributed by atoms with E-state index in [4.69, 9.17) is 4.74 Å². The minimum Gasteiger partial charge on any atom is -0.383 e. The molecule has 0 spiro atoms. The molecule has 1 aromatic carbocycles. The Kier molecular flexibility index (Phi) is 5.33. The predicted octanol–water partition coefficient (Wildman–Crippen LogP) is 2.78. The third-order valence-corrected chi connectivity index (χ3v) is 3.24. The SMILES string of the molecule is COCC(C)NC(=O)Nc1ccc(-n2nc(C)cc2C)c(F)c1. The lowest BCUT2D eigenvalue weighted by Gasteiger charge is -2.14. The second-order valence-corrected chi connectivity index (χ2v) is 5.46. The van der Waals surface area contributed by atoms with E-state index in [1.54, 1.807) is 19.2 Å². The Bertz CT molecular complexity index is 699. The molecule has 1 unspecified atom stereocenters. The maximum Gasteiger partial charge on any atom is 0.319 e. The lowest BCUT2D eigenvalue weighted by molar-refractivity contribution is 0.173. The number of nitrogens with one attached hydrogen (secondary N) is 2. The molecule has 0 bridgehead atoms. The number of methoxy groups -OCH3 is 1. The Morgan fingerprint density at radius 3 is 2.70 bits per heavy atom. The van der Waals surface area contributed by atoms with Crippen molar-refractivity contribution in [3.05, 3.63) is 41.5 Å². The molecular weight excluding hydrogens is 299 g/mol. The third-order valence-electron chi connectivity index (χ3n) is 3.24. The second-order valence-electron chi connectivity index (χ2n) is 5.46. The minimum absolute atomic E-state index is 0.140. The summed E-state index contributed by atoms with van der Waals surface area (Å²) in [4.78, 5) is 11.8. The van der Waals surface area contributed by atoms with E-state index < -0.39 is 11.8 Å². The lowest BCUT2D eigenvalue weighted by Crippen LogP contribution is -2.38. The van der Waals surface area contributed by atoms with E-state index in [2.05, 4.69) is 15.7 Å². The number of hydrogen-bond donors (Lipinski definition) is 2. The summed E-state index contributed by atoms with van der Waals surface area (Å²) < 4.78 is 20.8. The average Bonchev–Trinajstić information content (AvgIpc) is 2.77. The molecule has 1 aromatic heterocycles. The molecule has 2 amide bonds. The summed E-state index contributed by atoms with van der Waals surface area (Å²) in [7, 11) is 1.56. The first kappa shape index (κ1) is 17.0. The fourth-order valence-corrected chi connectivity index (χ4v) is 2.31. The van der Waals surface area contributed by atoms with Gasteiger partial charge in [0.05, 0.1) is 18.3 Å². The fraction of sp³-hybridized carbons (Fsp3) is 0.375. The first-order chi connectivity index (χ1) is 10.9. The fourth-order valence-electron chi connectivity index (χ4n) is 2.31. The lowest BCUT2D eigenvalue weighted by atomic mass is 10.2. The van der Waals surface area contributed by atoms with Crippen molar-refractivity contribution in [2.75, 3.05) is 19.0 Å². The van der Waals surface area contributed by atoms with E-state index in [1.165, 1.54) is 10.7 Å². The van der Waals surface area contributed by atoms with Gasteiger partial charge in [0.15, 0.2) is 5.82 Å². The number of carbonyl (C=O) groups excluding carboxylic acids is 1. The van der Waals surface area contributed by atoms with Gasteiger partial charge in [-0.3, -0.25) is 0 Å². The van der Waals surface area contributed by atoms with Crippen molar-refractivity contribution >= 4 is 11.7 Å². The normalized spacial score (nSPS) is 12.0. The van der Waals surface area contributed by atoms with Crippen molar-refractivity contribution in [1.29, 1.82) is 0 Å². The molecule has 2 aromatic rings. The highest BCUT2D eigenvalue weighted by Gasteiger charge is 2.12. The number of benzene rings is 1. The molecule has 0 aliphatic rings. The molecule has 7 heteroatoms. The summed E-state index contributed by atoms with van der Waals surface area (Å²) in [6, 6.07) is 5.81. The van der Waals surface area contributed by atoms with Gasteiger partial charge in [0.1, 0.15) is 5.69 Å². The summed E-state index contributed by atoms with van der Waals surface area (Å²) in [5.74, 6) is -0.459. The van der Waals surface area contributed by atoms with Crippen LogP contribution in [0.2, 0.25) is 0 Å². The molecule has 0 fully saturated rings. The zero-order valence-corrected chi connectivity index (χ0v) is 13.7. The van der Waals surface area contributed by atoms with E-state index in [-0.39, 0.29) is 6.04 Å². The number of carbonyl (C=O) groups is 1. The first-order valence-corrected chi connectivity index (χ1v) is 7.30. The number of ether oxygens (including phenoxy) is 1. The molecule has 0 radical (unpaired) electrons. The topological polar surface area (TPSA) is 68.2 Å². The molecule has 1 atom stereocenters. The molecule has 0 saturated carbocycles. The number of anilines is 1. The highest BCUT2D eigenvalue weighted by Crippen LogP contribution is 2.19. The highest BCUT2D eigenvalue weighted by atomic mass is 19.1. The molecule has 1 heterocycles. The zero-order chi connectivity index (χ0) is 17.0. The van der Waals surface area contributed by atoms with E-state index in [1.807, 2.05) is 26.8 Å². The Morgan fingerprint density at radius 2 is 2.13 bits per heavy atom. The summed E-state index contributed by atoms with van der Waals surface area (Å²) >= 11 is 0. The van der Waals surface area contributed by atoms with Crippen LogP contribution in [0.3, 0.4) is 0 Å². The van der Waals surface area contributed by atoms with Crippen LogP contribution in [0.1, 0.15) is 18.3 Å². The Balaban J connectivity index is 2.10. The van der Waals surface area contributed by atoms with Crippen LogP contribution in [0.4, 0.5) is 14.9 Å². The molecule has 0 aliphatic carbocycles. The van der Waals surface area contributed by atoms with Crippen LogP contribution >= 0.6 is 0 Å². The molecule has 2 rings (SSSR count). The molecule has 0 aliphatic heterocycles. The van der Waals surface area contributed by atoms with Gasteiger partial charge < -0.3 is 15.4 Å². The number of rotatable bonds is 5. The Hall–Kier alpha value is -2.41. The van der Waals surface area contributed by atoms with Crippen molar-refractivity contribution in [2.24, 2.45) is 0 Å². The average molecular weight is 320 g/mol. The summed E-state index contributed by atoms with van der Waals surface area (Å²) in [5, 5.41) is 9.54. The van der Waals surface area contributed by atoms with Crippen molar-refractivity contribution in [2.45, 2.75) is 26.8 Å². The van der Waals surface area contributed by atoms with Gasteiger partial charge >= 0.3 is 6.03 Å². The van der Waals surface area contributed by atoms with Crippen molar-refractivity contribution < 1.29 is 13.9 Å². The van der Waals surface area contributed by atoms with Gasteiger partial charge in [-0.2, -0.15) is 5.10 Å². The number of amides is 2. The van der Waals surface area contributed by atoms with Crippen molar-refractivity contribution in [3.8, 4) is 5.69 Å². The Labute approximate surface area is 134 Å². The number of halogens is 1. The van der Waals surface area contributed by atoms with E-state index in [0.29, 0.717) is 18.0 Å². The van der Waals surface area contributed by atoms with Gasteiger partial charge in [0.25, 0.3) is 0 Å². The minimum atomic E-state index is -0.459. The molecule has 6 nitrogen and oxygen atoms in total. The summed E-state index contributed by atoms with van der Waals surface area (Å²) in [6.07, 6.45) is 0. The van der Waals surface area contributed by atoms with Crippen LogP contribution in [0.25, 0.3) is 5.69 Å². The van der Waals surface area contributed by atoms with Gasteiger partial charge in [0, 0.05) is 18.5 Å². The maximum atomic E-state index is 14.3. The molecule has 2 N–H and O–H groups in total. The number of hydrogen-bond acceptors (Lipinski definition) is 3. The van der Waals surface area contributed by atoms with Crippen LogP contribution in [0.5, 0.6) is 0 Å². The Morgan fingerprint density at radius 1 is 1.39 bits per heavy atom. The number of urea groups is 1. The molecule has 23 heavy (non-hydrogen) atoms. The maximum absolute atomic E-state index is 14.3. The monoisotopic (exact) mass is 320 g/mol. The number of aryl methyl sites for hydroxylation is 2. The smallest absolute Gasteiger partial charge is 0.319 e. The van der Waals surface area contributed by atoms with Gasteiger partial charge in [-0.15, -0.1) is 0 Å². The molecule has 0 saturated heterocycles. The predicted molar refractivity (Wildman–Crippen MR) is 86.5 cm³/mol. The molecular formula is C16H21FN4O2. The first-order valence-electron chi connectivity index (χ1n) is 7.30. The highest BCUT2D eigenvalue weighted by molar-refractivity contribution is 5.89. The quantitative estimate of drug-likeness (QED) is 0.890. The number of nitrogens with zero attached hydrogens (tertiary/aromatic N) is 2. The van der Waals surface area contributed by atoms with Crippen LogP contribution < -0.4 is 10.6 Å². The van der Waals surface area contributed by atoms with Crippen LogP contribution in [-0.2, 0) is 4.74 Å². The zero-order valence-electron chi connectivity index (χ0n) is 13.7. The van der Waals surface area contributed by atoms with Crippen LogP contribution in [0, 0.1) is 19.7 Å². The van der Waals surface area contributed by atoms with Crippen molar-refractivity contribution in [1.82, 2.24) is 15.1 Å². The van der Waals surface area contributed by atoms with Gasteiger partial charge in [-0.25, -0.2) is 13.9 Å². The van der Waals surface area contributed by atoms with Crippen LogP contribution in [0.15, 0.2) is 24.3 Å². The third kappa shape index (κ3) is 4.29. The van der Waals surface area contributed by atoms with E-state index in [9.17, 15) is 9.18 Å². The van der Waals surface area contributed by atoms with Gasteiger partial charge in [0.2, 0.25) is 0 Å². The van der Waals surface area contributed by atoms with Gasteiger partial charge in [-0.05, 0) is 45.0 Å². The number of aromatic nitrogens is 2. The standard InChI is InChI=1S/C16H21FN4O2/c1-10-7-12(3)21(20-10)15-6-5-13(8-14(15)17)19-16(22)18-11(2)9-23-4/h5-8,11H,9H2,1-4H3,(H2,18,19,22). The van der Waals surface area contributed by atoms with Gasteiger partial charge in [-0.1, -0.05) is 0 Å².